The maximum Gasteiger partial charge on any atom is 0.339 e. The Morgan fingerprint density at radius 3 is 2.08 bits per heavy atom. The Morgan fingerprint density at radius 1 is 1.25 bits per heavy atom. The smallest absolute Gasteiger partial charge is 0.339 e. The molecule has 0 aromatic heterocycles. The summed E-state index contributed by atoms with van der Waals surface area (Å²) >= 11 is 0. The van der Waals surface area contributed by atoms with Crippen molar-refractivity contribution in [2.45, 2.75) is 0 Å². The van der Waals surface area contributed by atoms with E-state index in [0.717, 1.165) is 0 Å². The molecule has 0 fully saturated rings. The minimum absolute atomic E-state index is 0.0671. The van der Waals surface area contributed by atoms with Crippen molar-refractivity contribution in [2.75, 3.05) is 0 Å². The molecule has 0 bridgehead atoms. The van der Waals surface area contributed by atoms with Gasteiger partial charge in [0.25, 0.3) is 0 Å². The molecular formula is C8H8O4. The van der Waals surface area contributed by atoms with Crippen LogP contribution in [0.4, 0.5) is 0 Å². The van der Waals surface area contributed by atoms with Crippen molar-refractivity contribution in [3.63, 3.8) is 0 Å². The number of hydrogen-bond donors (Lipinski definition) is 2. The van der Waals surface area contributed by atoms with Gasteiger partial charge in [-0.25, -0.2) is 4.79 Å². The standard InChI is InChI=1S/C7H6O3.CH2O/c8-6-4-2-1-3-5(6)7(9)10;1-2/h1-4,8H,(H,9,10);1H2. The molecule has 1 aromatic rings. The van der Waals surface area contributed by atoms with Crippen LogP contribution in [0.25, 0.3) is 0 Å². The highest BCUT2D eigenvalue weighted by atomic mass is 16.4. The molecular weight excluding hydrogens is 160 g/mol. The highest BCUT2D eigenvalue weighted by molar-refractivity contribution is 5.90. The van der Waals surface area contributed by atoms with Gasteiger partial charge in [-0.05, 0) is 12.1 Å². The average molecular weight is 168 g/mol. The number of carbonyl (C=O) groups excluding carboxylic acids is 1. The third kappa shape index (κ3) is 2.42. The maximum atomic E-state index is 10.3. The molecule has 1 aromatic carbocycles. The van der Waals surface area contributed by atoms with E-state index in [0.29, 0.717) is 0 Å². The average Bonchev–Trinajstić information content (AvgIpc) is 2.08. The summed E-state index contributed by atoms with van der Waals surface area (Å²) in [6, 6.07) is 5.81. The van der Waals surface area contributed by atoms with E-state index in [1.807, 2.05) is 6.79 Å². The van der Waals surface area contributed by atoms with E-state index in [2.05, 4.69) is 0 Å². The molecule has 0 aliphatic carbocycles. The van der Waals surface area contributed by atoms with Crippen molar-refractivity contribution >= 4 is 12.8 Å². The highest BCUT2D eigenvalue weighted by Crippen LogP contribution is 2.14. The number of phenols is 1. The molecule has 0 radical (unpaired) electrons. The summed E-state index contributed by atoms with van der Waals surface area (Å²) in [5, 5.41) is 17.3. The summed E-state index contributed by atoms with van der Waals surface area (Å²) in [6.07, 6.45) is 0. The molecule has 1 rings (SSSR count). The Kier molecular flexibility index (Phi) is 4.15. The molecule has 0 spiro atoms. The van der Waals surface area contributed by atoms with Crippen LogP contribution in [0.5, 0.6) is 5.75 Å². The molecule has 0 heterocycles. The maximum absolute atomic E-state index is 10.3. The summed E-state index contributed by atoms with van der Waals surface area (Å²) < 4.78 is 0. The molecule has 0 amide bonds. The first-order valence-electron chi connectivity index (χ1n) is 3.02. The first kappa shape index (κ1) is 10.2. The van der Waals surface area contributed by atoms with Crippen LogP contribution in [0.1, 0.15) is 10.4 Å². The lowest BCUT2D eigenvalue weighted by Crippen LogP contribution is -1.95. The van der Waals surface area contributed by atoms with E-state index in [4.69, 9.17) is 15.0 Å². The van der Waals surface area contributed by atoms with Crippen LogP contribution in [0.3, 0.4) is 0 Å². The molecule has 0 saturated carbocycles. The van der Waals surface area contributed by atoms with E-state index in [-0.39, 0.29) is 11.3 Å². The molecule has 4 heteroatoms. The number of para-hydroxylation sites is 1. The first-order valence-corrected chi connectivity index (χ1v) is 3.02. The van der Waals surface area contributed by atoms with Crippen molar-refractivity contribution in [1.29, 1.82) is 0 Å². The minimum atomic E-state index is -1.11. The zero-order valence-corrected chi connectivity index (χ0v) is 6.23. The quantitative estimate of drug-likeness (QED) is 0.653. The van der Waals surface area contributed by atoms with Gasteiger partial charge in [0.05, 0.1) is 0 Å². The van der Waals surface area contributed by atoms with Crippen LogP contribution in [0.15, 0.2) is 24.3 Å². The van der Waals surface area contributed by atoms with Gasteiger partial charge in [0.15, 0.2) is 0 Å². The fourth-order valence-electron chi connectivity index (χ4n) is 0.654. The molecule has 12 heavy (non-hydrogen) atoms. The predicted molar refractivity (Wildman–Crippen MR) is 42.2 cm³/mol. The zero-order chi connectivity index (χ0) is 9.56. The van der Waals surface area contributed by atoms with Gasteiger partial charge in [-0.15, -0.1) is 0 Å². The minimum Gasteiger partial charge on any atom is -0.507 e. The number of benzene rings is 1. The van der Waals surface area contributed by atoms with E-state index in [1.54, 1.807) is 12.1 Å². The molecule has 0 aliphatic heterocycles. The number of aromatic hydroxyl groups is 1. The van der Waals surface area contributed by atoms with Crippen molar-refractivity contribution in [3.8, 4) is 5.75 Å². The summed E-state index contributed by atoms with van der Waals surface area (Å²) in [5.74, 6) is -1.31. The molecule has 2 N–H and O–H groups in total. The van der Waals surface area contributed by atoms with Gasteiger partial charge in [0.1, 0.15) is 18.1 Å². The normalized spacial score (nSPS) is 8.00. The molecule has 64 valence electrons. The van der Waals surface area contributed by atoms with Crippen molar-refractivity contribution < 1.29 is 19.8 Å². The Hall–Kier alpha value is -1.84. The fourth-order valence-corrected chi connectivity index (χ4v) is 0.654. The number of carboxylic acid groups (broad SMARTS) is 1. The second-order valence-electron chi connectivity index (χ2n) is 1.82. The summed E-state index contributed by atoms with van der Waals surface area (Å²) in [6.45, 7) is 2.00. The van der Waals surface area contributed by atoms with E-state index in [1.165, 1.54) is 12.1 Å². The Bertz CT molecular complexity index is 270. The molecule has 0 unspecified atom stereocenters. The number of carboxylic acids is 1. The van der Waals surface area contributed by atoms with Crippen LogP contribution < -0.4 is 0 Å². The van der Waals surface area contributed by atoms with Gasteiger partial charge in [-0.2, -0.15) is 0 Å². The van der Waals surface area contributed by atoms with Gasteiger partial charge in [-0.3, -0.25) is 0 Å². The van der Waals surface area contributed by atoms with Gasteiger partial charge in [0, 0.05) is 0 Å². The molecule has 4 nitrogen and oxygen atoms in total. The molecule has 0 aliphatic rings. The lowest BCUT2D eigenvalue weighted by molar-refractivity contribution is -0.0980. The Labute approximate surface area is 69.1 Å². The summed E-state index contributed by atoms with van der Waals surface area (Å²) in [4.78, 5) is 18.3. The predicted octanol–water partition coefficient (Wildman–Crippen LogP) is 0.905. The lowest BCUT2D eigenvalue weighted by Gasteiger charge is -1.95. The van der Waals surface area contributed by atoms with Gasteiger partial charge < -0.3 is 15.0 Å². The number of rotatable bonds is 1. The van der Waals surface area contributed by atoms with Crippen LogP contribution in [-0.2, 0) is 4.79 Å². The second kappa shape index (κ2) is 4.90. The number of carbonyl (C=O) groups is 2. The Balaban J connectivity index is 0.000000561. The van der Waals surface area contributed by atoms with Crippen LogP contribution in [-0.4, -0.2) is 23.0 Å². The van der Waals surface area contributed by atoms with Gasteiger partial charge in [0.2, 0.25) is 0 Å². The third-order valence-electron chi connectivity index (χ3n) is 1.13. The zero-order valence-electron chi connectivity index (χ0n) is 6.23. The van der Waals surface area contributed by atoms with Crippen molar-refractivity contribution in [2.24, 2.45) is 0 Å². The second-order valence-corrected chi connectivity index (χ2v) is 1.82. The number of aromatic carboxylic acids is 1. The van der Waals surface area contributed by atoms with E-state index >= 15 is 0 Å². The van der Waals surface area contributed by atoms with E-state index < -0.39 is 5.97 Å². The topological polar surface area (TPSA) is 74.6 Å². The van der Waals surface area contributed by atoms with Crippen molar-refractivity contribution in [3.05, 3.63) is 29.8 Å². The lowest BCUT2D eigenvalue weighted by atomic mass is 10.2. The number of hydrogen-bond acceptors (Lipinski definition) is 3. The SMILES string of the molecule is C=O.O=C(O)c1ccccc1O. The van der Waals surface area contributed by atoms with E-state index in [9.17, 15) is 4.79 Å². The molecule has 0 atom stereocenters. The molecule has 0 saturated heterocycles. The monoisotopic (exact) mass is 168 g/mol. The van der Waals surface area contributed by atoms with Crippen LogP contribution in [0, 0.1) is 0 Å². The highest BCUT2D eigenvalue weighted by Gasteiger charge is 2.05. The van der Waals surface area contributed by atoms with Crippen LogP contribution >= 0.6 is 0 Å². The fraction of sp³-hybridized carbons (Fsp3) is 0. The summed E-state index contributed by atoms with van der Waals surface area (Å²) in [7, 11) is 0. The largest absolute Gasteiger partial charge is 0.507 e. The summed E-state index contributed by atoms with van der Waals surface area (Å²) in [5.41, 5.74) is -0.0671. The van der Waals surface area contributed by atoms with Crippen molar-refractivity contribution in [1.82, 2.24) is 0 Å². The first-order chi connectivity index (χ1) is 5.72. The van der Waals surface area contributed by atoms with Crippen LogP contribution in [0.2, 0.25) is 0 Å². The third-order valence-corrected chi connectivity index (χ3v) is 1.13. The van der Waals surface area contributed by atoms with Gasteiger partial charge >= 0.3 is 5.97 Å². The Morgan fingerprint density at radius 2 is 1.75 bits per heavy atom. The van der Waals surface area contributed by atoms with Gasteiger partial charge in [-0.1, -0.05) is 12.1 Å².